The molecule has 2 amide bonds. The van der Waals surface area contributed by atoms with Gasteiger partial charge in [0.05, 0.1) is 18.7 Å². The Labute approximate surface area is 171 Å². The highest BCUT2D eigenvalue weighted by atomic mass is 35.5. The van der Waals surface area contributed by atoms with Crippen molar-refractivity contribution in [1.29, 1.82) is 0 Å². The van der Waals surface area contributed by atoms with Crippen molar-refractivity contribution in [2.24, 2.45) is 11.7 Å². The maximum absolute atomic E-state index is 13.1. The van der Waals surface area contributed by atoms with Gasteiger partial charge in [-0.05, 0) is 44.4 Å². The number of hydrogen-bond acceptors (Lipinski definition) is 4. The van der Waals surface area contributed by atoms with Gasteiger partial charge in [0.2, 0.25) is 11.8 Å². The third-order valence-corrected chi connectivity index (χ3v) is 5.58. The Morgan fingerprint density at radius 2 is 2.11 bits per heavy atom. The molecule has 6 nitrogen and oxygen atoms in total. The normalized spacial score (nSPS) is 23.8. The van der Waals surface area contributed by atoms with Crippen molar-refractivity contribution in [2.75, 3.05) is 25.1 Å². The average Bonchev–Trinajstić information content (AvgIpc) is 3.02. The van der Waals surface area contributed by atoms with Gasteiger partial charge >= 0.3 is 0 Å². The first-order valence-corrected chi connectivity index (χ1v) is 9.50. The summed E-state index contributed by atoms with van der Waals surface area (Å²) in [5.41, 5.74) is 6.71. The largest absolute Gasteiger partial charge is 0.495 e. The number of ether oxygens (including phenoxy) is 1. The maximum atomic E-state index is 13.1. The van der Waals surface area contributed by atoms with E-state index in [0.29, 0.717) is 23.0 Å². The van der Waals surface area contributed by atoms with Crippen molar-refractivity contribution in [3.05, 3.63) is 23.2 Å². The number of rotatable bonds is 4. The summed E-state index contributed by atoms with van der Waals surface area (Å²) in [4.78, 5) is 29.2. The van der Waals surface area contributed by atoms with Crippen LogP contribution in [0.4, 0.5) is 5.69 Å². The van der Waals surface area contributed by atoms with E-state index in [4.69, 9.17) is 22.1 Å². The first-order valence-electron chi connectivity index (χ1n) is 9.12. The summed E-state index contributed by atoms with van der Waals surface area (Å²) in [5, 5.41) is 0.524. The standard InChI is InChI=1S/C19H26ClN3O3.ClH/c1-12(21)15-5-3-4-8-22(15)19(25)13-9-18(24)23(11-13)16-10-14(20)6-7-17(16)26-2;/h6-7,10,12-13,15H,3-5,8-9,11,21H2,1-2H3;1H. The monoisotopic (exact) mass is 415 g/mol. The van der Waals surface area contributed by atoms with Crippen molar-refractivity contribution < 1.29 is 14.3 Å². The van der Waals surface area contributed by atoms with E-state index in [-0.39, 0.29) is 48.6 Å². The molecule has 0 spiro atoms. The van der Waals surface area contributed by atoms with Crippen LogP contribution in [0.1, 0.15) is 32.6 Å². The summed E-state index contributed by atoms with van der Waals surface area (Å²) in [6, 6.07) is 5.14. The number of halogens is 2. The molecule has 2 fully saturated rings. The lowest BCUT2D eigenvalue weighted by molar-refractivity contribution is -0.139. The van der Waals surface area contributed by atoms with Crippen molar-refractivity contribution in [3.8, 4) is 5.75 Å². The van der Waals surface area contributed by atoms with Crippen molar-refractivity contribution in [3.63, 3.8) is 0 Å². The fraction of sp³-hybridized carbons (Fsp3) is 0.579. The summed E-state index contributed by atoms with van der Waals surface area (Å²) in [6.45, 7) is 3.01. The minimum Gasteiger partial charge on any atom is -0.495 e. The number of hydrogen-bond donors (Lipinski definition) is 1. The predicted molar refractivity (Wildman–Crippen MR) is 109 cm³/mol. The topological polar surface area (TPSA) is 75.9 Å². The summed E-state index contributed by atoms with van der Waals surface area (Å²) >= 11 is 6.09. The number of anilines is 1. The molecule has 3 rings (SSSR count). The van der Waals surface area contributed by atoms with Crippen molar-refractivity contribution >= 4 is 41.5 Å². The summed E-state index contributed by atoms with van der Waals surface area (Å²) in [7, 11) is 1.55. The molecule has 2 saturated heterocycles. The van der Waals surface area contributed by atoms with E-state index in [0.717, 1.165) is 25.8 Å². The Morgan fingerprint density at radius 1 is 1.37 bits per heavy atom. The Bertz CT molecular complexity index is 699. The molecule has 1 aromatic rings. The van der Waals surface area contributed by atoms with Crippen LogP contribution in [-0.2, 0) is 9.59 Å². The quantitative estimate of drug-likeness (QED) is 0.819. The van der Waals surface area contributed by atoms with Gasteiger partial charge in [-0.25, -0.2) is 0 Å². The van der Waals surface area contributed by atoms with Gasteiger partial charge < -0.3 is 20.3 Å². The number of likely N-dealkylation sites (tertiary alicyclic amines) is 1. The number of carbonyl (C=O) groups excluding carboxylic acids is 2. The Hall–Kier alpha value is -1.50. The molecule has 2 N–H and O–H groups in total. The number of piperidine rings is 1. The van der Waals surface area contributed by atoms with Crippen LogP contribution in [0, 0.1) is 5.92 Å². The number of benzene rings is 1. The van der Waals surface area contributed by atoms with Gasteiger partial charge in [0, 0.05) is 36.6 Å². The predicted octanol–water partition coefficient (Wildman–Crippen LogP) is 2.85. The van der Waals surface area contributed by atoms with E-state index in [9.17, 15) is 9.59 Å². The van der Waals surface area contributed by atoms with E-state index in [2.05, 4.69) is 0 Å². The van der Waals surface area contributed by atoms with Crippen LogP contribution in [0.25, 0.3) is 0 Å². The van der Waals surface area contributed by atoms with Gasteiger partial charge in [0.1, 0.15) is 5.75 Å². The summed E-state index contributed by atoms with van der Waals surface area (Å²) in [6.07, 6.45) is 3.21. The van der Waals surface area contributed by atoms with E-state index in [1.54, 1.807) is 30.2 Å². The SMILES string of the molecule is COc1ccc(Cl)cc1N1CC(C(=O)N2CCCCC2C(C)N)CC1=O.Cl. The van der Waals surface area contributed by atoms with Gasteiger partial charge in [0.25, 0.3) is 0 Å². The van der Waals surface area contributed by atoms with Crippen LogP contribution in [0.5, 0.6) is 5.75 Å². The molecule has 0 bridgehead atoms. The number of carbonyl (C=O) groups is 2. The minimum absolute atomic E-state index is 0. The molecule has 0 aliphatic carbocycles. The number of nitrogens with two attached hydrogens (primary N) is 1. The lowest BCUT2D eigenvalue weighted by Gasteiger charge is -2.39. The average molecular weight is 416 g/mol. The van der Waals surface area contributed by atoms with Crippen LogP contribution < -0.4 is 15.4 Å². The van der Waals surface area contributed by atoms with Crippen LogP contribution in [0.15, 0.2) is 18.2 Å². The van der Waals surface area contributed by atoms with Crippen molar-refractivity contribution in [2.45, 2.75) is 44.7 Å². The molecule has 3 atom stereocenters. The van der Waals surface area contributed by atoms with Crippen molar-refractivity contribution in [1.82, 2.24) is 4.90 Å². The summed E-state index contributed by atoms with van der Waals surface area (Å²) in [5.74, 6) is 0.162. The fourth-order valence-electron chi connectivity index (χ4n) is 3.99. The Morgan fingerprint density at radius 3 is 2.78 bits per heavy atom. The second kappa shape index (κ2) is 9.13. The van der Waals surface area contributed by atoms with Crippen LogP contribution in [0.3, 0.4) is 0 Å². The molecule has 0 saturated carbocycles. The Kier molecular flexibility index (Phi) is 7.37. The smallest absolute Gasteiger partial charge is 0.228 e. The highest BCUT2D eigenvalue weighted by Gasteiger charge is 2.40. The van der Waals surface area contributed by atoms with E-state index in [1.807, 2.05) is 11.8 Å². The second-order valence-electron chi connectivity index (χ2n) is 7.18. The summed E-state index contributed by atoms with van der Waals surface area (Å²) < 4.78 is 5.36. The van der Waals surface area contributed by atoms with E-state index >= 15 is 0 Å². The molecule has 0 aromatic heterocycles. The number of amides is 2. The molecular weight excluding hydrogens is 389 g/mol. The number of methoxy groups -OCH3 is 1. The maximum Gasteiger partial charge on any atom is 0.228 e. The zero-order chi connectivity index (χ0) is 18.8. The molecular formula is C19H27Cl2N3O3. The van der Waals surface area contributed by atoms with Gasteiger partial charge in [-0.15, -0.1) is 12.4 Å². The third-order valence-electron chi connectivity index (χ3n) is 5.35. The molecule has 150 valence electrons. The van der Waals surface area contributed by atoms with Crippen LogP contribution >= 0.6 is 24.0 Å². The first-order chi connectivity index (χ1) is 12.4. The van der Waals surface area contributed by atoms with E-state index < -0.39 is 0 Å². The highest BCUT2D eigenvalue weighted by Crippen LogP contribution is 2.36. The zero-order valence-corrected chi connectivity index (χ0v) is 17.3. The highest BCUT2D eigenvalue weighted by molar-refractivity contribution is 6.31. The van der Waals surface area contributed by atoms with Gasteiger partial charge in [-0.3, -0.25) is 9.59 Å². The molecule has 2 aliphatic rings. The minimum atomic E-state index is -0.356. The van der Waals surface area contributed by atoms with Gasteiger partial charge in [-0.2, -0.15) is 0 Å². The van der Waals surface area contributed by atoms with Crippen LogP contribution in [0.2, 0.25) is 5.02 Å². The molecule has 2 aliphatic heterocycles. The van der Waals surface area contributed by atoms with Gasteiger partial charge in [0.15, 0.2) is 0 Å². The molecule has 8 heteroatoms. The van der Waals surface area contributed by atoms with Crippen LogP contribution in [-0.4, -0.2) is 49.0 Å². The third kappa shape index (κ3) is 4.50. The number of nitrogens with zero attached hydrogens (tertiary/aromatic N) is 2. The lowest BCUT2D eigenvalue weighted by atomic mass is 9.94. The fourth-order valence-corrected chi connectivity index (χ4v) is 4.16. The second-order valence-corrected chi connectivity index (χ2v) is 7.61. The molecule has 2 heterocycles. The molecule has 3 unspecified atom stereocenters. The first kappa shape index (κ1) is 21.8. The Balaban J connectivity index is 0.00000261. The molecule has 1 aromatic carbocycles. The zero-order valence-electron chi connectivity index (χ0n) is 15.7. The molecule has 27 heavy (non-hydrogen) atoms. The van der Waals surface area contributed by atoms with Gasteiger partial charge in [-0.1, -0.05) is 11.6 Å². The lowest BCUT2D eigenvalue weighted by Crippen LogP contribution is -2.53. The molecule has 0 radical (unpaired) electrons. The van der Waals surface area contributed by atoms with E-state index in [1.165, 1.54) is 0 Å².